The minimum Gasteiger partial charge on any atom is -0.481 e. The Morgan fingerprint density at radius 3 is 2.14 bits per heavy atom. The Bertz CT molecular complexity index is 612. The van der Waals surface area contributed by atoms with Crippen LogP contribution in [0.15, 0.2) is 42.5 Å². The third-order valence-electron chi connectivity index (χ3n) is 3.43. The lowest BCUT2D eigenvalue weighted by Crippen LogP contribution is -2.30. The average molecular weight is 283 g/mol. The summed E-state index contributed by atoms with van der Waals surface area (Å²) < 4.78 is 5.67. The van der Waals surface area contributed by atoms with Gasteiger partial charge in [-0.1, -0.05) is 35.9 Å². The molecule has 3 heteroatoms. The second-order valence-electron chi connectivity index (χ2n) is 5.33. The summed E-state index contributed by atoms with van der Waals surface area (Å²) in [7, 11) is 0. The molecule has 0 heterocycles. The second-order valence-corrected chi connectivity index (χ2v) is 5.33. The van der Waals surface area contributed by atoms with Crippen molar-refractivity contribution in [3.8, 4) is 5.75 Å². The number of anilines is 1. The number of benzene rings is 2. The van der Waals surface area contributed by atoms with Gasteiger partial charge in [0, 0.05) is 5.69 Å². The van der Waals surface area contributed by atoms with E-state index in [1.807, 2.05) is 63.2 Å². The van der Waals surface area contributed by atoms with Crippen LogP contribution in [-0.2, 0) is 4.79 Å². The standard InChI is InChI=1S/C18H21NO2/c1-12-8-10-16(11-9-12)21-15(4)18(20)19-17-13(2)6-5-7-14(17)3/h5-11,15H,1-4H3,(H,19,20)/t15-/m1/s1. The summed E-state index contributed by atoms with van der Waals surface area (Å²) in [4.78, 5) is 12.3. The van der Waals surface area contributed by atoms with Gasteiger partial charge in [0.05, 0.1) is 0 Å². The van der Waals surface area contributed by atoms with E-state index in [0.717, 1.165) is 22.4 Å². The Hall–Kier alpha value is -2.29. The quantitative estimate of drug-likeness (QED) is 0.920. The highest BCUT2D eigenvalue weighted by Crippen LogP contribution is 2.20. The van der Waals surface area contributed by atoms with Gasteiger partial charge in [-0.2, -0.15) is 0 Å². The van der Waals surface area contributed by atoms with Gasteiger partial charge < -0.3 is 10.1 Å². The number of hydrogen-bond acceptors (Lipinski definition) is 2. The predicted molar refractivity (Wildman–Crippen MR) is 85.8 cm³/mol. The van der Waals surface area contributed by atoms with Crippen molar-refractivity contribution in [1.82, 2.24) is 0 Å². The van der Waals surface area contributed by atoms with Crippen LogP contribution in [0.2, 0.25) is 0 Å². The highest BCUT2D eigenvalue weighted by molar-refractivity contribution is 5.95. The minimum absolute atomic E-state index is 0.145. The molecule has 2 aromatic rings. The van der Waals surface area contributed by atoms with Gasteiger partial charge in [-0.05, 0) is 51.0 Å². The number of carbonyl (C=O) groups excluding carboxylic acids is 1. The Labute approximate surface area is 126 Å². The monoisotopic (exact) mass is 283 g/mol. The van der Waals surface area contributed by atoms with Gasteiger partial charge in [0.1, 0.15) is 5.75 Å². The molecule has 0 saturated carbocycles. The van der Waals surface area contributed by atoms with Crippen LogP contribution in [0.1, 0.15) is 23.6 Å². The van der Waals surface area contributed by atoms with E-state index in [-0.39, 0.29) is 5.91 Å². The molecule has 0 aliphatic heterocycles. The first-order valence-electron chi connectivity index (χ1n) is 7.08. The molecular formula is C18H21NO2. The van der Waals surface area contributed by atoms with E-state index in [0.29, 0.717) is 5.75 Å². The number of ether oxygens (including phenoxy) is 1. The van der Waals surface area contributed by atoms with Gasteiger partial charge in [-0.25, -0.2) is 0 Å². The van der Waals surface area contributed by atoms with Gasteiger partial charge >= 0.3 is 0 Å². The SMILES string of the molecule is Cc1ccc(O[C@H](C)C(=O)Nc2c(C)cccc2C)cc1. The smallest absolute Gasteiger partial charge is 0.265 e. The fourth-order valence-electron chi connectivity index (χ4n) is 2.11. The topological polar surface area (TPSA) is 38.3 Å². The number of para-hydroxylation sites is 1. The molecular weight excluding hydrogens is 262 g/mol. The average Bonchev–Trinajstić information content (AvgIpc) is 2.45. The lowest BCUT2D eigenvalue weighted by atomic mass is 10.1. The molecule has 21 heavy (non-hydrogen) atoms. The maximum atomic E-state index is 12.3. The fourth-order valence-corrected chi connectivity index (χ4v) is 2.11. The predicted octanol–water partition coefficient (Wildman–Crippen LogP) is 4.02. The normalized spacial score (nSPS) is 11.8. The second kappa shape index (κ2) is 6.44. The molecule has 0 fully saturated rings. The molecule has 1 N–H and O–H groups in total. The molecule has 0 unspecified atom stereocenters. The molecule has 0 spiro atoms. The highest BCUT2D eigenvalue weighted by Gasteiger charge is 2.16. The van der Waals surface area contributed by atoms with Gasteiger partial charge in [0.2, 0.25) is 0 Å². The number of hydrogen-bond donors (Lipinski definition) is 1. The zero-order valence-electron chi connectivity index (χ0n) is 12.9. The summed E-state index contributed by atoms with van der Waals surface area (Å²) in [5.41, 5.74) is 4.12. The first-order chi connectivity index (χ1) is 9.97. The Balaban J connectivity index is 2.04. The van der Waals surface area contributed by atoms with Crippen LogP contribution >= 0.6 is 0 Å². The molecule has 2 rings (SSSR count). The third kappa shape index (κ3) is 3.85. The Morgan fingerprint density at radius 2 is 1.57 bits per heavy atom. The van der Waals surface area contributed by atoms with E-state index in [1.54, 1.807) is 6.92 Å². The summed E-state index contributed by atoms with van der Waals surface area (Å²) in [6.07, 6.45) is -0.549. The van der Waals surface area contributed by atoms with E-state index < -0.39 is 6.10 Å². The van der Waals surface area contributed by atoms with Crippen LogP contribution < -0.4 is 10.1 Å². The molecule has 0 bridgehead atoms. The number of carbonyl (C=O) groups is 1. The van der Waals surface area contributed by atoms with E-state index in [1.165, 1.54) is 0 Å². The van der Waals surface area contributed by atoms with E-state index in [2.05, 4.69) is 5.32 Å². The maximum Gasteiger partial charge on any atom is 0.265 e. The first kappa shape index (κ1) is 15.1. The zero-order chi connectivity index (χ0) is 15.4. The van der Waals surface area contributed by atoms with Crippen molar-refractivity contribution in [3.63, 3.8) is 0 Å². The van der Waals surface area contributed by atoms with Gasteiger partial charge in [0.25, 0.3) is 5.91 Å². The molecule has 0 radical (unpaired) electrons. The molecule has 0 aromatic heterocycles. The van der Waals surface area contributed by atoms with Crippen LogP contribution in [0, 0.1) is 20.8 Å². The molecule has 3 nitrogen and oxygen atoms in total. The lowest BCUT2D eigenvalue weighted by Gasteiger charge is -2.17. The van der Waals surface area contributed by atoms with Gasteiger partial charge in [-0.3, -0.25) is 4.79 Å². The van der Waals surface area contributed by atoms with Crippen molar-refractivity contribution in [1.29, 1.82) is 0 Å². The molecule has 110 valence electrons. The van der Waals surface area contributed by atoms with Crippen molar-refractivity contribution >= 4 is 11.6 Å². The van der Waals surface area contributed by atoms with Crippen molar-refractivity contribution in [2.75, 3.05) is 5.32 Å². The van der Waals surface area contributed by atoms with Crippen molar-refractivity contribution in [3.05, 3.63) is 59.2 Å². The number of amides is 1. The molecule has 1 atom stereocenters. The fraction of sp³-hybridized carbons (Fsp3) is 0.278. The number of nitrogens with one attached hydrogen (secondary N) is 1. The van der Waals surface area contributed by atoms with Crippen LogP contribution in [0.25, 0.3) is 0 Å². The third-order valence-corrected chi connectivity index (χ3v) is 3.43. The van der Waals surface area contributed by atoms with E-state index in [9.17, 15) is 4.79 Å². The first-order valence-corrected chi connectivity index (χ1v) is 7.08. The summed E-state index contributed by atoms with van der Waals surface area (Å²) in [5, 5.41) is 2.95. The van der Waals surface area contributed by atoms with Crippen LogP contribution in [0.3, 0.4) is 0 Å². The lowest BCUT2D eigenvalue weighted by molar-refractivity contribution is -0.122. The zero-order valence-corrected chi connectivity index (χ0v) is 12.9. The molecule has 2 aromatic carbocycles. The number of rotatable bonds is 4. The summed E-state index contributed by atoms with van der Waals surface area (Å²) in [6.45, 7) is 7.73. The van der Waals surface area contributed by atoms with Crippen molar-refractivity contribution in [2.24, 2.45) is 0 Å². The van der Waals surface area contributed by atoms with Gasteiger partial charge in [0.15, 0.2) is 6.10 Å². The van der Waals surface area contributed by atoms with E-state index >= 15 is 0 Å². The van der Waals surface area contributed by atoms with E-state index in [4.69, 9.17) is 4.74 Å². The largest absolute Gasteiger partial charge is 0.481 e. The molecule has 0 saturated heterocycles. The Morgan fingerprint density at radius 1 is 1.00 bits per heavy atom. The van der Waals surface area contributed by atoms with Crippen LogP contribution in [-0.4, -0.2) is 12.0 Å². The molecule has 0 aliphatic rings. The highest BCUT2D eigenvalue weighted by atomic mass is 16.5. The number of aryl methyl sites for hydroxylation is 3. The van der Waals surface area contributed by atoms with Gasteiger partial charge in [-0.15, -0.1) is 0 Å². The van der Waals surface area contributed by atoms with Crippen LogP contribution in [0.5, 0.6) is 5.75 Å². The van der Waals surface area contributed by atoms with Crippen molar-refractivity contribution in [2.45, 2.75) is 33.8 Å². The Kier molecular flexibility index (Phi) is 4.63. The summed E-state index contributed by atoms with van der Waals surface area (Å²) in [6, 6.07) is 13.6. The molecule has 0 aliphatic carbocycles. The van der Waals surface area contributed by atoms with Crippen LogP contribution in [0.4, 0.5) is 5.69 Å². The minimum atomic E-state index is -0.549. The molecule has 1 amide bonds. The van der Waals surface area contributed by atoms with Crippen molar-refractivity contribution < 1.29 is 9.53 Å². The maximum absolute atomic E-state index is 12.3. The summed E-state index contributed by atoms with van der Waals surface area (Å²) >= 11 is 0. The summed E-state index contributed by atoms with van der Waals surface area (Å²) in [5.74, 6) is 0.553.